The molecule has 6 nitrogen and oxygen atoms in total. The Hall–Kier alpha value is -4.02. The smallest absolute Gasteiger partial charge is 0.330 e. The van der Waals surface area contributed by atoms with E-state index >= 15 is 0 Å². The lowest BCUT2D eigenvalue weighted by atomic mass is 9.99. The Morgan fingerprint density at radius 1 is 0.771 bits per heavy atom. The zero-order valence-corrected chi connectivity index (χ0v) is 20.2. The molecule has 3 aromatic rings. The SMILES string of the molecule is C=CC(=O)OCc1cc(C)cc(COC(=O)C=C)c1C(=O)P(=O)(c1ccccc1)c1ccccc1. The molecule has 7 heteroatoms. The number of rotatable bonds is 10. The monoisotopic (exact) mass is 488 g/mol. The van der Waals surface area contributed by atoms with Crippen LogP contribution in [0, 0.1) is 6.92 Å². The number of hydrogen-bond acceptors (Lipinski definition) is 6. The zero-order valence-electron chi connectivity index (χ0n) is 19.3. The quantitative estimate of drug-likeness (QED) is 0.235. The highest BCUT2D eigenvalue weighted by Crippen LogP contribution is 2.48. The molecular weight excluding hydrogens is 463 g/mol. The summed E-state index contributed by atoms with van der Waals surface area (Å²) in [6, 6.07) is 20.4. The van der Waals surface area contributed by atoms with Gasteiger partial charge in [0.15, 0.2) is 0 Å². The number of ether oxygens (including phenoxy) is 2. The fraction of sp³-hybridized carbons (Fsp3) is 0.107. The minimum atomic E-state index is -3.87. The van der Waals surface area contributed by atoms with Crippen molar-refractivity contribution in [1.82, 2.24) is 0 Å². The van der Waals surface area contributed by atoms with Crippen LogP contribution in [0.15, 0.2) is 98.1 Å². The first-order chi connectivity index (χ1) is 16.8. The summed E-state index contributed by atoms with van der Waals surface area (Å²) in [7, 11) is -3.87. The van der Waals surface area contributed by atoms with Gasteiger partial charge in [-0.25, -0.2) is 9.59 Å². The molecule has 178 valence electrons. The molecule has 0 aliphatic carbocycles. The first-order valence-electron chi connectivity index (χ1n) is 10.8. The molecule has 0 amide bonds. The third kappa shape index (κ3) is 5.73. The van der Waals surface area contributed by atoms with E-state index in [2.05, 4.69) is 13.2 Å². The summed E-state index contributed by atoms with van der Waals surface area (Å²) in [5, 5.41) is 0.722. The van der Waals surface area contributed by atoms with Gasteiger partial charge in [-0.1, -0.05) is 91.5 Å². The first kappa shape index (κ1) is 25.6. The molecule has 0 fully saturated rings. The van der Waals surface area contributed by atoms with Gasteiger partial charge in [-0.3, -0.25) is 4.79 Å². The highest BCUT2D eigenvalue weighted by atomic mass is 31.2. The van der Waals surface area contributed by atoms with Crippen LogP contribution in [0.3, 0.4) is 0 Å². The molecule has 0 saturated carbocycles. The van der Waals surface area contributed by atoms with Crippen LogP contribution in [0.2, 0.25) is 0 Å². The Morgan fingerprint density at radius 2 is 1.17 bits per heavy atom. The number of aryl methyl sites for hydroxylation is 1. The van der Waals surface area contributed by atoms with Crippen molar-refractivity contribution >= 4 is 35.2 Å². The van der Waals surface area contributed by atoms with E-state index < -0.39 is 24.6 Å². The molecule has 3 rings (SSSR count). The Morgan fingerprint density at radius 3 is 1.54 bits per heavy atom. The average molecular weight is 488 g/mol. The van der Waals surface area contributed by atoms with Crippen molar-refractivity contribution in [3.8, 4) is 0 Å². The van der Waals surface area contributed by atoms with Crippen molar-refractivity contribution in [2.75, 3.05) is 0 Å². The molecule has 0 aliphatic rings. The first-order valence-corrected chi connectivity index (χ1v) is 12.5. The third-order valence-electron chi connectivity index (χ3n) is 5.26. The Labute approximate surface area is 204 Å². The summed E-state index contributed by atoms with van der Waals surface area (Å²) in [4.78, 5) is 37.8. The highest BCUT2D eigenvalue weighted by Gasteiger charge is 2.39. The maximum absolute atomic E-state index is 14.7. The minimum absolute atomic E-state index is 0.0837. The number of carbonyl (C=O) groups is 3. The Balaban J connectivity index is 2.25. The van der Waals surface area contributed by atoms with Crippen molar-refractivity contribution in [3.63, 3.8) is 0 Å². The lowest BCUT2D eigenvalue weighted by Gasteiger charge is -2.22. The number of benzene rings is 3. The molecule has 0 aliphatic heterocycles. The van der Waals surface area contributed by atoms with Gasteiger partial charge in [-0.2, -0.15) is 0 Å². The molecule has 0 saturated heterocycles. The normalized spacial score (nSPS) is 10.8. The number of esters is 2. The second-order valence-electron chi connectivity index (χ2n) is 7.67. The van der Waals surface area contributed by atoms with Crippen molar-refractivity contribution in [2.45, 2.75) is 20.1 Å². The van der Waals surface area contributed by atoms with E-state index in [-0.39, 0.29) is 18.8 Å². The van der Waals surface area contributed by atoms with Crippen LogP contribution in [0.4, 0.5) is 0 Å². The van der Waals surface area contributed by atoms with Gasteiger partial charge < -0.3 is 14.0 Å². The molecule has 0 atom stereocenters. The lowest BCUT2D eigenvalue weighted by Crippen LogP contribution is -2.25. The molecule has 0 unspecified atom stereocenters. The van der Waals surface area contributed by atoms with Gasteiger partial charge in [-0.05, 0) is 6.92 Å². The van der Waals surface area contributed by atoms with Crippen molar-refractivity contribution in [2.24, 2.45) is 0 Å². The minimum Gasteiger partial charge on any atom is -0.458 e. The molecule has 3 aromatic carbocycles. The van der Waals surface area contributed by atoms with Gasteiger partial charge in [-0.15, -0.1) is 0 Å². The molecule has 0 aromatic heterocycles. The molecule has 35 heavy (non-hydrogen) atoms. The van der Waals surface area contributed by atoms with Gasteiger partial charge in [0.25, 0.3) is 0 Å². The summed E-state index contributed by atoms with van der Waals surface area (Å²) in [6.07, 6.45) is 2.03. The van der Waals surface area contributed by atoms with E-state index in [4.69, 9.17) is 9.47 Å². The van der Waals surface area contributed by atoms with Crippen LogP contribution in [0.25, 0.3) is 0 Å². The lowest BCUT2D eigenvalue weighted by molar-refractivity contribution is -0.139. The van der Waals surface area contributed by atoms with Crippen LogP contribution in [0.1, 0.15) is 27.0 Å². The van der Waals surface area contributed by atoms with E-state index in [1.54, 1.807) is 79.7 Å². The van der Waals surface area contributed by atoms with Gasteiger partial charge in [0.2, 0.25) is 12.7 Å². The maximum atomic E-state index is 14.7. The topological polar surface area (TPSA) is 86.7 Å². The van der Waals surface area contributed by atoms with E-state index in [1.165, 1.54) is 0 Å². The number of carbonyl (C=O) groups excluding carboxylic acids is 3. The van der Waals surface area contributed by atoms with E-state index in [9.17, 15) is 18.9 Å². The van der Waals surface area contributed by atoms with Crippen LogP contribution < -0.4 is 10.6 Å². The van der Waals surface area contributed by atoms with Crippen LogP contribution in [-0.4, -0.2) is 17.5 Å². The summed E-state index contributed by atoms with van der Waals surface area (Å²) in [5.74, 6) is -1.34. The van der Waals surface area contributed by atoms with Crippen LogP contribution in [0.5, 0.6) is 0 Å². The summed E-state index contributed by atoms with van der Waals surface area (Å²) < 4.78 is 25.1. The molecule has 0 radical (unpaired) electrons. The van der Waals surface area contributed by atoms with Crippen molar-refractivity contribution < 1.29 is 28.4 Å². The van der Waals surface area contributed by atoms with Crippen molar-refractivity contribution in [1.29, 1.82) is 0 Å². The van der Waals surface area contributed by atoms with Gasteiger partial charge in [0.05, 0.1) is 0 Å². The summed E-state index contributed by atoms with van der Waals surface area (Å²) in [6.45, 7) is 8.07. The second kappa shape index (κ2) is 11.4. The fourth-order valence-electron chi connectivity index (χ4n) is 3.68. The largest absolute Gasteiger partial charge is 0.458 e. The molecule has 0 heterocycles. The predicted molar refractivity (Wildman–Crippen MR) is 135 cm³/mol. The van der Waals surface area contributed by atoms with E-state index in [0.29, 0.717) is 21.7 Å². The van der Waals surface area contributed by atoms with Crippen molar-refractivity contribution in [3.05, 3.63) is 120 Å². The van der Waals surface area contributed by atoms with E-state index in [0.717, 1.165) is 17.7 Å². The zero-order chi connectivity index (χ0) is 25.4. The molecule has 0 bridgehead atoms. The third-order valence-corrected chi connectivity index (χ3v) is 8.11. The van der Waals surface area contributed by atoms with E-state index in [1.807, 2.05) is 0 Å². The Kier molecular flexibility index (Phi) is 8.34. The maximum Gasteiger partial charge on any atom is 0.330 e. The summed E-state index contributed by atoms with van der Waals surface area (Å²) >= 11 is 0. The molecule has 0 spiro atoms. The fourth-order valence-corrected chi connectivity index (χ4v) is 6.23. The summed E-state index contributed by atoms with van der Waals surface area (Å²) in [5.41, 5.74) is 0.874. The second-order valence-corrected chi connectivity index (χ2v) is 10.3. The molecular formula is C28H25O6P. The standard InChI is InChI=1S/C28H25O6P/c1-4-25(29)33-18-21-16-20(3)17-22(19-34-26(30)5-2)27(21)28(31)35(32,23-12-8-6-9-13-23)24-14-10-7-11-15-24/h4-17H,1-2,18-19H2,3H3. The highest BCUT2D eigenvalue weighted by molar-refractivity contribution is 7.93. The van der Waals surface area contributed by atoms with Crippen LogP contribution >= 0.6 is 7.14 Å². The van der Waals surface area contributed by atoms with Crippen LogP contribution in [-0.2, 0) is 36.8 Å². The predicted octanol–water partition coefficient (Wildman–Crippen LogP) is 4.61. The van der Waals surface area contributed by atoms with Gasteiger partial charge in [0.1, 0.15) is 13.2 Å². The van der Waals surface area contributed by atoms with Gasteiger partial charge in [0, 0.05) is 39.5 Å². The van der Waals surface area contributed by atoms with Gasteiger partial charge >= 0.3 is 11.9 Å². The number of hydrogen-bond donors (Lipinski definition) is 0. The molecule has 0 N–H and O–H groups in total. The Bertz CT molecular complexity index is 1220. The average Bonchev–Trinajstić information content (AvgIpc) is 2.90.